The molecular weight excluding hydrogens is 288 g/mol. The van der Waals surface area contributed by atoms with Gasteiger partial charge in [0.25, 0.3) is 0 Å². The van der Waals surface area contributed by atoms with E-state index in [-0.39, 0.29) is 22.8 Å². The van der Waals surface area contributed by atoms with Crippen LogP contribution in [0.2, 0.25) is 0 Å². The first-order valence-corrected chi connectivity index (χ1v) is 8.93. The number of hydrogen-bond donors (Lipinski definition) is 0. The van der Waals surface area contributed by atoms with E-state index in [9.17, 15) is 9.59 Å². The van der Waals surface area contributed by atoms with Gasteiger partial charge in [-0.25, -0.2) is 0 Å². The largest absolute Gasteiger partial charge is 0.451 e. The van der Waals surface area contributed by atoms with Crippen molar-refractivity contribution in [2.75, 3.05) is 0 Å². The minimum absolute atomic E-state index is 0.222. The molecule has 0 saturated carbocycles. The lowest BCUT2D eigenvalue weighted by molar-refractivity contribution is -0.143. The SMILES string of the molecule is CCCCCC(OC(C)=O)SC(CCCCC)OC(C)=O. The van der Waals surface area contributed by atoms with Crippen molar-refractivity contribution in [1.82, 2.24) is 0 Å². The van der Waals surface area contributed by atoms with Crippen molar-refractivity contribution in [3.8, 4) is 0 Å². The second-order valence-electron chi connectivity index (χ2n) is 5.21. The highest BCUT2D eigenvalue weighted by Crippen LogP contribution is 2.28. The molecule has 4 nitrogen and oxygen atoms in total. The van der Waals surface area contributed by atoms with Crippen LogP contribution < -0.4 is 0 Å². The van der Waals surface area contributed by atoms with Gasteiger partial charge in [0.2, 0.25) is 0 Å². The molecule has 0 spiro atoms. The predicted octanol–water partition coefficient (Wildman–Crippen LogP) is 4.66. The molecule has 0 rings (SSSR count). The molecular formula is C16H30O4S. The van der Waals surface area contributed by atoms with Crippen LogP contribution in [0, 0.1) is 0 Å². The van der Waals surface area contributed by atoms with Crippen molar-refractivity contribution in [2.24, 2.45) is 0 Å². The molecule has 0 fully saturated rings. The third kappa shape index (κ3) is 12.7. The van der Waals surface area contributed by atoms with Gasteiger partial charge >= 0.3 is 11.9 Å². The molecule has 0 saturated heterocycles. The lowest BCUT2D eigenvalue weighted by atomic mass is 10.2. The van der Waals surface area contributed by atoms with Gasteiger partial charge in [0.15, 0.2) is 10.9 Å². The average molecular weight is 318 g/mol. The summed E-state index contributed by atoms with van der Waals surface area (Å²) in [5.74, 6) is -0.557. The van der Waals surface area contributed by atoms with Crippen LogP contribution in [-0.2, 0) is 19.1 Å². The zero-order chi connectivity index (χ0) is 16.1. The van der Waals surface area contributed by atoms with Crippen molar-refractivity contribution in [3.05, 3.63) is 0 Å². The average Bonchev–Trinajstić information content (AvgIpc) is 2.37. The Labute approximate surface area is 133 Å². The van der Waals surface area contributed by atoms with E-state index < -0.39 is 0 Å². The third-order valence-corrected chi connectivity index (χ3v) is 4.26. The number of thioether (sulfide) groups is 1. The first-order valence-electron chi connectivity index (χ1n) is 7.99. The molecule has 0 aliphatic heterocycles. The number of carbonyl (C=O) groups excluding carboxylic acids is 2. The van der Waals surface area contributed by atoms with Gasteiger partial charge in [-0.2, -0.15) is 0 Å². The lowest BCUT2D eigenvalue weighted by Crippen LogP contribution is -2.21. The predicted molar refractivity (Wildman–Crippen MR) is 87.0 cm³/mol. The van der Waals surface area contributed by atoms with Crippen molar-refractivity contribution >= 4 is 23.7 Å². The first-order chi connectivity index (χ1) is 9.99. The summed E-state index contributed by atoms with van der Waals surface area (Å²) in [6.07, 6.45) is 8.14. The zero-order valence-corrected chi connectivity index (χ0v) is 14.7. The Balaban J connectivity index is 4.43. The molecule has 0 heterocycles. The van der Waals surface area contributed by atoms with Crippen molar-refractivity contribution in [1.29, 1.82) is 0 Å². The van der Waals surface area contributed by atoms with Gasteiger partial charge in [0, 0.05) is 13.8 Å². The van der Waals surface area contributed by atoms with E-state index >= 15 is 0 Å². The summed E-state index contributed by atoms with van der Waals surface area (Å²) in [6.45, 7) is 7.12. The molecule has 124 valence electrons. The molecule has 21 heavy (non-hydrogen) atoms. The molecule has 0 bridgehead atoms. The maximum Gasteiger partial charge on any atom is 0.303 e. The first kappa shape index (κ1) is 20.3. The number of ether oxygens (including phenoxy) is 2. The third-order valence-electron chi connectivity index (χ3n) is 2.99. The smallest absolute Gasteiger partial charge is 0.303 e. The van der Waals surface area contributed by atoms with Crippen molar-refractivity contribution in [2.45, 2.75) is 89.9 Å². The second-order valence-corrected chi connectivity index (χ2v) is 6.53. The van der Waals surface area contributed by atoms with Gasteiger partial charge in [0.05, 0.1) is 0 Å². The highest BCUT2D eigenvalue weighted by atomic mass is 32.2. The fourth-order valence-electron chi connectivity index (χ4n) is 1.97. The van der Waals surface area contributed by atoms with Crippen LogP contribution in [0.5, 0.6) is 0 Å². The molecule has 0 aromatic carbocycles. The zero-order valence-electron chi connectivity index (χ0n) is 13.9. The Morgan fingerprint density at radius 2 is 1.19 bits per heavy atom. The summed E-state index contributed by atoms with van der Waals surface area (Å²) < 4.78 is 10.7. The van der Waals surface area contributed by atoms with Crippen LogP contribution in [0.4, 0.5) is 0 Å². The number of esters is 2. The highest BCUT2D eigenvalue weighted by Gasteiger charge is 2.21. The van der Waals surface area contributed by atoms with Gasteiger partial charge in [0.1, 0.15) is 0 Å². The van der Waals surface area contributed by atoms with E-state index in [4.69, 9.17) is 9.47 Å². The molecule has 0 N–H and O–H groups in total. The van der Waals surface area contributed by atoms with Crippen LogP contribution in [0.1, 0.15) is 79.1 Å². The van der Waals surface area contributed by atoms with E-state index in [0.717, 1.165) is 51.4 Å². The Morgan fingerprint density at radius 3 is 1.48 bits per heavy atom. The topological polar surface area (TPSA) is 52.6 Å². The van der Waals surface area contributed by atoms with Crippen molar-refractivity contribution < 1.29 is 19.1 Å². The van der Waals surface area contributed by atoms with Crippen LogP contribution >= 0.6 is 11.8 Å². The molecule has 5 heteroatoms. The summed E-state index contributed by atoms with van der Waals surface area (Å²) in [4.78, 5) is 22.4. The molecule has 2 unspecified atom stereocenters. The molecule has 0 aliphatic carbocycles. The summed E-state index contributed by atoms with van der Waals surface area (Å²) in [5.41, 5.74) is -0.444. The fourth-order valence-corrected chi connectivity index (χ4v) is 3.30. The molecule has 0 radical (unpaired) electrons. The van der Waals surface area contributed by atoms with Gasteiger partial charge in [-0.05, 0) is 25.7 Å². The summed E-state index contributed by atoms with van der Waals surface area (Å²) in [5, 5.41) is 0. The van der Waals surface area contributed by atoms with Crippen LogP contribution in [-0.4, -0.2) is 22.8 Å². The maximum absolute atomic E-state index is 11.2. The molecule has 0 amide bonds. The minimum Gasteiger partial charge on any atom is -0.451 e. The van der Waals surface area contributed by atoms with E-state index in [1.54, 1.807) is 0 Å². The monoisotopic (exact) mass is 318 g/mol. The fraction of sp³-hybridized carbons (Fsp3) is 0.875. The van der Waals surface area contributed by atoms with Gasteiger partial charge in [-0.3, -0.25) is 9.59 Å². The quantitative estimate of drug-likeness (QED) is 0.297. The number of hydrogen-bond acceptors (Lipinski definition) is 5. The van der Waals surface area contributed by atoms with Gasteiger partial charge in [-0.15, -0.1) is 0 Å². The Morgan fingerprint density at radius 1 is 0.810 bits per heavy atom. The van der Waals surface area contributed by atoms with Crippen LogP contribution in [0.15, 0.2) is 0 Å². The van der Waals surface area contributed by atoms with Crippen LogP contribution in [0.3, 0.4) is 0 Å². The van der Waals surface area contributed by atoms with E-state index in [2.05, 4.69) is 13.8 Å². The van der Waals surface area contributed by atoms with Gasteiger partial charge in [-0.1, -0.05) is 51.3 Å². The second kappa shape index (κ2) is 13.0. The Kier molecular flexibility index (Phi) is 12.5. The normalized spacial score (nSPS) is 13.5. The minimum atomic E-state index is -0.279. The molecule has 0 aliphatic rings. The summed E-state index contributed by atoms with van der Waals surface area (Å²) in [7, 11) is 0. The summed E-state index contributed by atoms with van der Waals surface area (Å²) >= 11 is 1.46. The number of unbranched alkanes of at least 4 members (excludes halogenated alkanes) is 4. The summed E-state index contributed by atoms with van der Waals surface area (Å²) in [6, 6.07) is 0. The Bertz CT molecular complexity index is 266. The van der Waals surface area contributed by atoms with E-state index in [1.165, 1.54) is 25.6 Å². The Hall–Kier alpha value is -0.710. The van der Waals surface area contributed by atoms with E-state index in [1.807, 2.05) is 0 Å². The lowest BCUT2D eigenvalue weighted by Gasteiger charge is -2.23. The number of rotatable bonds is 12. The van der Waals surface area contributed by atoms with E-state index in [0.29, 0.717) is 0 Å². The van der Waals surface area contributed by atoms with Gasteiger partial charge < -0.3 is 9.47 Å². The molecule has 2 atom stereocenters. The van der Waals surface area contributed by atoms with Crippen LogP contribution in [0.25, 0.3) is 0 Å². The molecule has 0 aromatic heterocycles. The molecule has 0 aromatic rings. The van der Waals surface area contributed by atoms with Crippen molar-refractivity contribution in [3.63, 3.8) is 0 Å². The maximum atomic E-state index is 11.2. The standard InChI is InChI=1S/C16H30O4S/c1-5-7-9-11-15(19-13(3)17)21-16(20-14(4)18)12-10-8-6-2/h15-16H,5-12H2,1-4H3. The number of carbonyl (C=O) groups is 2. The highest BCUT2D eigenvalue weighted by molar-refractivity contribution is 8.00.